The quantitative estimate of drug-likeness (QED) is 0.443. The van der Waals surface area contributed by atoms with E-state index in [-0.39, 0.29) is 11.4 Å². The normalized spacial score (nSPS) is 11.9. The van der Waals surface area contributed by atoms with E-state index in [2.05, 4.69) is 0 Å². The van der Waals surface area contributed by atoms with Crippen LogP contribution in [0.5, 0.6) is 0 Å². The van der Waals surface area contributed by atoms with Gasteiger partial charge >= 0.3 is 0 Å². The fraction of sp³-hybridized carbons (Fsp3) is 0.118. The smallest absolute Gasteiger partial charge is 0.263 e. The molecule has 4 rings (SSSR count). The van der Waals surface area contributed by atoms with Crippen LogP contribution in [0.1, 0.15) is 11.3 Å². The van der Waals surface area contributed by atoms with E-state index in [0.717, 1.165) is 32.9 Å². The van der Waals surface area contributed by atoms with Crippen LogP contribution in [0.2, 0.25) is 0 Å². The number of hydrogen-bond acceptors (Lipinski definition) is 1. The second-order valence-electron chi connectivity index (χ2n) is 5.25. The number of aryl methyl sites for hydroxylation is 2. The third-order valence-corrected chi connectivity index (χ3v) is 4.23. The third-order valence-electron chi connectivity index (χ3n) is 4.23. The van der Waals surface area contributed by atoms with E-state index in [1.165, 1.54) is 12.1 Å². The average molecular weight is 265 g/mol. The van der Waals surface area contributed by atoms with Crippen LogP contribution >= 0.6 is 0 Å². The molecule has 0 saturated heterocycles. The lowest BCUT2D eigenvalue weighted by Crippen LogP contribution is -2.14. The highest BCUT2D eigenvalue weighted by Crippen LogP contribution is 2.32. The van der Waals surface area contributed by atoms with Crippen molar-refractivity contribution in [2.75, 3.05) is 0 Å². The van der Waals surface area contributed by atoms with Gasteiger partial charge < -0.3 is 0 Å². The minimum Gasteiger partial charge on any atom is -0.280 e. The SMILES string of the molecule is Cc1c(C)n2c(=O)c3ccccc3c3cc(F)cc1c32. The molecule has 0 N–H and O–H groups in total. The second-order valence-corrected chi connectivity index (χ2v) is 5.25. The zero-order valence-electron chi connectivity index (χ0n) is 11.2. The summed E-state index contributed by atoms with van der Waals surface area (Å²) in [7, 11) is 0. The highest BCUT2D eigenvalue weighted by molar-refractivity contribution is 6.12. The van der Waals surface area contributed by atoms with Crippen molar-refractivity contribution in [2.24, 2.45) is 0 Å². The highest BCUT2D eigenvalue weighted by Gasteiger charge is 2.17. The highest BCUT2D eigenvalue weighted by atomic mass is 19.1. The van der Waals surface area contributed by atoms with Gasteiger partial charge in [-0.2, -0.15) is 0 Å². The van der Waals surface area contributed by atoms with Gasteiger partial charge in [-0.15, -0.1) is 0 Å². The van der Waals surface area contributed by atoms with E-state index >= 15 is 0 Å². The van der Waals surface area contributed by atoms with Gasteiger partial charge in [-0.05, 0) is 43.0 Å². The lowest BCUT2D eigenvalue weighted by molar-refractivity contribution is 0.631. The summed E-state index contributed by atoms with van der Waals surface area (Å²) in [5.41, 5.74) is 2.63. The van der Waals surface area contributed by atoms with Gasteiger partial charge in [0.1, 0.15) is 5.82 Å². The molecule has 2 aromatic heterocycles. The van der Waals surface area contributed by atoms with Crippen molar-refractivity contribution in [2.45, 2.75) is 13.8 Å². The Morgan fingerprint density at radius 1 is 0.950 bits per heavy atom. The van der Waals surface area contributed by atoms with Gasteiger partial charge in [0.2, 0.25) is 0 Å². The zero-order valence-corrected chi connectivity index (χ0v) is 11.2. The predicted molar refractivity (Wildman–Crippen MR) is 79.3 cm³/mol. The lowest BCUT2D eigenvalue weighted by atomic mass is 10.0. The number of hydrogen-bond donors (Lipinski definition) is 0. The largest absolute Gasteiger partial charge is 0.280 e. The summed E-state index contributed by atoms with van der Waals surface area (Å²) in [5.74, 6) is -0.267. The standard InChI is InChI=1S/C17H12FNO/c1-9-10(2)19-16-14(9)7-11(18)8-15(16)12-5-3-4-6-13(12)17(19)20/h3-8H,1-2H3. The molecule has 3 heteroatoms. The van der Waals surface area contributed by atoms with Crippen molar-refractivity contribution < 1.29 is 4.39 Å². The van der Waals surface area contributed by atoms with Crippen molar-refractivity contribution in [1.29, 1.82) is 0 Å². The predicted octanol–water partition coefficient (Wildman–Crippen LogP) is 3.80. The molecular formula is C17H12FNO. The molecule has 0 saturated carbocycles. The molecule has 0 aliphatic heterocycles. The summed E-state index contributed by atoms with van der Waals surface area (Å²) in [6, 6.07) is 10.4. The van der Waals surface area contributed by atoms with E-state index in [9.17, 15) is 9.18 Å². The van der Waals surface area contributed by atoms with Crippen molar-refractivity contribution >= 4 is 27.1 Å². The van der Waals surface area contributed by atoms with Crippen LogP contribution in [-0.4, -0.2) is 4.40 Å². The topological polar surface area (TPSA) is 21.5 Å². The van der Waals surface area contributed by atoms with Gasteiger partial charge in [0.25, 0.3) is 5.56 Å². The second kappa shape index (κ2) is 3.57. The molecule has 98 valence electrons. The number of nitrogens with zero attached hydrogens (tertiary/aromatic N) is 1. The maximum absolute atomic E-state index is 13.9. The van der Waals surface area contributed by atoms with Gasteiger partial charge in [0, 0.05) is 21.9 Å². The Kier molecular flexibility index (Phi) is 2.04. The number of rotatable bonds is 0. The first kappa shape index (κ1) is 11.4. The first-order valence-corrected chi connectivity index (χ1v) is 6.55. The number of aromatic nitrogens is 1. The first-order chi connectivity index (χ1) is 9.59. The van der Waals surface area contributed by atoms with E-state index < -0.39 is 0 Å². The van der Waals surface area contributed by atoms with Gasteiger partial charge in [-0.25, -0.2) is 4.39 Å². The maximum atomic E-state index is 13.9. The Hall–Kier alpha value is -2.42. The summed E-state index contributed by atoms with van der Waals surface area (Å²) in [5, 5.41) is 3.06. The van der Waals surface area contributed by atoms with Crippen molar-refractivity contribution in [1.82, 2.24) is 4.40 Å². The van der Waals surface area contributed by atoms with Crippen molar-refractivity contribution in [3.63, 3.8) is 0 Å². The summed E-state index contributed by atoms with van der Waals surface area (Å²) >= 11 is 0. The van der Waals surface area contributed by atoms with Crippen LogP contribution in [0.4, 0.5) is 4.39 Å². The lowest BCUT2D eigenvalue weighted by Gasteiger charge is -2.06. The van der Waals surface area contributed by atoms with Gasteiger partial charge in [-0.3, -0.25) is 9.20 Å². The Bertz CT molecular complexity index is 1050. The van der Waals surface area contributed by atoms with Crippen molar-refractivity contribution in [3.8, 4) is 0 Å². The molecule has 2 heterocycles. The van der Waals surface area contributed by atoms with Crippen LogP contribution in [0, 0.1) is 19.7 Å². The van der Waals surface area contributed by atoms with Gasteiger partial charge in [0.05, 0.1) is 5.52 Å². The molecule has 20 heavy (non-hydrogen) atoms. The Morgan fingerprint density at radius 2 is 1.60 bits per heavy atom. The Morgan fingerprint density at radius 3 is 2.35 bits per heavy atom. The minimum atomic E-state index is -0.267. The molecule has 0 fully saturated rings. The molecule has 0 spiro atoms. The van der Waals surface area contributed by atoms with E-state index in [4.69, 9.17) is 0 Å². The molecular weight excluding hydrogens is 253 g/mol. The van der Waals surface area contributed by atoms with E-state index in [1.807, 2.05) is 32.0 Å². The third kappa shape index (κ3) is 1.20. The van der Waals surface area contributed by atoms with E-state index in [1.54, 1.807) is 10.5 Å². The van der Waals surface area contributed by atoms with Crippen molar-refractivity contribution in [3.05, 3.63) is 63.8 Å². The number of pyridine rings is 1. The van der Waals surface area contributed by atoms with Crippen LogP contribution in [0.3, 0.4) is 0 Å². The Labute approximate surface area is 114 Å². The van der Waals surface area contributed by atoms with Gasteiger partial charge in [0.15, 0.2) is 0 Å². The molecule has 2 aromatic carbocycles. The fourth-order valence-electron chi connectivity index (χ4n) is 3.14. The number of fused-ring (bicyclic) bond motifs is 2. The summed E-state index contributed by atoms with van der Waals surface area (Å²) < 4.78 is 15.6. The van der Waals surface area contributed by atoms with Crippen LogP contribution in [0.15, 0.2) is 41.2 Å². The molecule has 0 amide bonds. The van der Waals surface area contributed by atoms with E-state index in [0.29, 0.717) is 5.39 Å². The molecule has 0 aliphatic rings. The van der Waals surface area contributed by atoms with Crippen LogP contribution in [0.25, 0.3) is 27.1 Å². The van der Waals surface area contributed by atoms with Crippen LogP contribution < -0.4 is 5.56 Å². The molecule has 2 nitrogen and oxygen atoms in total. The zero-order chi connectivity index (χ0) is 14.0. The summed E-state index contributed by atoms with van der Waals surface area (Å²) in [4.78, 5) is 12.7. The average Bonchev–Trinajstić information content (AvgIpc) is 2.70. The van der Waals surface area contributed by atoms with Gasteiger partial charge in [-0.1, -0.05) is 18.2 Å². The monoisotopic (exact) mass is 265 g/mol. The van der Waals surface area contributed by atoms with Crippen LogP contribution in [-0.2, 0) is 0 Å². The molecule has 0 atom stereocenters. The molecule has 0 radical (unpaired) electrons. The molecule has 0 aliphatic carbocycles. The fourth-order valence-corrected chi connectivity index (χ4v) is 3.14. The first-order valence-electron chi connectivity index (χ1n) is 6.55. The number of halogens is 1. The molecule has 0 unspecified atom stereocenters. The summed E-state index contributed by atoms with van der Waals surface area (Å²) in [6.45, 7) is 3.84. The molecule has 4 aromatic rings. The Balaban J connectivity index is 2.53. The maximum Gasteiger partial charge on any atom is 0.263 e. The number of benzene rings is 2. The summed E-state index contributed by atoms with van der Waals surface area (Å²) in [6.07, 6.45) is 0. The molecule has 0 bridgehead atoms. The minimum absolute atomic E-state index is 0.0321.